The summed E-state index contributed by atoms with van der Waals surface area (Å²) in [5.41, 5.74) is 1.14. The van der Waals surface area contributed by atoms with Gasteiger partial charge in [-0.05, 0) is 24.6 Å². The molecule has 0 saturated heterocycles. The third kappa shape index (κ3) is 3.46. The van der Waals surface area contributed by atoms with Crippen LogP contribution in [0.2, 0.25) is 10.2 Å². The van der Waals surface area contributed by atoms with Gasteiger partial charge in [0, 0.05) is 0 Å². The van der Waals surface area contributed by atoms with Gasteiger partial charge in [0.15, 0.2) is 0 Å². The zero-order valence-corrected chi connectivity index (χ0v) is 11.7. The molecule has 2 rings (SSSR count). The number of carbonyl (C=O) groups excluding carboxylic acids is 1. The molecule has 0 fully saturated rings. The second-order valence-electron chi connectivity index (χ2n) is 4.07. The van der Waals surface area contributed by atoms with Crippen molar-refractivity contribution in [2.75, 3.05) is 0 Å². The lowest BCUT2D eigenvalue weighted by atomic mass is 10.1. The van der Waals surface area contributed by atoms with E-state index in [-0.39, 0.29) is 27.8 Å². The number of aromatic nitrogens is 1. The first kappa shape index (κ1) is 13.8. The Morgan fingerprint density at radius 2 is 1.84 bits per heavy atom. The highest BCUT2D eigenvalue weighted by Crippen LogP contribution is 2.18. The average Bonchev–Trinajstić information content (AvgIpc) is 2.42. The van der Waals surface area contributed by atoms with Crippen LogP contribution in [-0.4, -0.2) is 10.9 Å². The maximum absolute atomic E-state index is 12.1. The van der Waals surface area contributed by atoms with Crippen LogP contribution < -0.4 is 5.32 Å². The fourth-order valence-electron chi connectivity index (χ4n) is 1.67. The van der Waals surface area contributed by atoms with Gasteiger partial charge in [0.1, 0.15) is 10.8 Å². The van der Waals surface area contributed by atoms with Crippen molar-refractivity contribution in [1.29, 1.82) is 0 Å². The topological polar surface area (TPSA) is 42.0 Å². The number of amides is 1. The molecule has 3 nitrogen and oxygen atoms in total. The first-order valence-corrected chi connectivity index (χ1v) is 6.51. The number of hydrogen-bond donors (Lipinski definition) is 1. The standard InChI is InChI=1S/C14H12Cl2N2O/c1-9(10-5-3-2-4-6-10)17-14(19)13-11(15)7-8-12(16)18-13/h2-9H,1H3,(H,17,19)/t9-/m0/s1. The van der Waals surface area contributed by atoms with Crippen molar-refractivity contribution in [3.63, 3.8) is 0 Å². The fourth-order valence-corrected chi connectivity index (χ4v) is 2.01. The van der Waals surface area contributed by atoms with Crippen molar-refractivity contribution in [2.45, 2.75) is 13.0 Å². The first-order chi connectivity index (χ1) is 9.08. The minimum atomic E-state index is -0.344. The molecule has 1 atom stereocenters. The van der Waals surface area contributed by atoms with Gasteiger partial charge < -0.3 is 5.32 Å². The second-order valence-corrected chi connectivity index (χ2v) is 4.86. The molecule has 1 aromatic heterocycles. The van der Waals surface area contributed by atoms with Crippen LogP contribution in [-0.2, 0) is 0 Å². The van der Waals surface area contributed by atoms with Gasteiger partial charge in [0.2, 0.25) is 0 Å². The SMILES string of the molecule is C[C@H](NC(=O)c1nc(Cl)ccc1Cl)c1ccccc1. The van der Waals surface area contributed by atoms with Crippen LogP contribution in [0, 0.1) is 0 Å². The minimum absolute atomic E-state index is 0.134. The maximum Gasteiger partial charge on any atom is 0.271 e. The number of nitrogens with one attached hydrogen (secondary N) is 1. The van der Waals surface area contributed by atoms with Gasteiger partial charge in [-0.25, -0.2) is 4.98 Å². The van der Waals surface area contributed by atoms with Gasteiger partial charge in [0.05, 0.1) is 11.1 Å². The number of pyridine rings is 1. The van der Waals surface area contributed by atoms with Crippen LogP contribution >= 0.6 is 23.2 Å². The number of rotatable bonds is 3. The quantitative estimate of drug-likeness (QED) is 0.873. The Morgan fingerprint density at radius 1 is 1.16 bits per heavy atom. The molecule has 1 amide bonds. The Kier molecular flexibility index (Phi) is 4.40. The predicted molar refractivity (Wildman–Crippen MR) is 76.6 cm³/mol. The minimum Gasteiger partial charge on any atom is -0.344 e. The molecular weight excluding hydrogens is 283 g/mol. The van der Waals surface area contributed by atoms with Crippen LogP contribution in [0.3, 0.4) is 0 Å². The molecule has 0 aliphatic rings. The summed E-state index contributed by atoms with van der Waals surface area (Å²) in [7, 11) is 0. The molecule has 0 spiro atoms. The van der Waals surface area contributed by atoms with Crippen LogP contribution in [0.5, 0.6) is 0 Å². The zero-order chi connectivity index (χ0) is 13.8. The van der Waals surface area contributed by atoms with Crippen molar-refractivity contribution in [3.8, 4) is 0 Å². The third-order valence-corrected chi connectivity index (χ3v) is 3.19. The highest BCUT2D eigenvalue weighted by Gasteiger charge is 2.15. The van der Waals surface area contributed by atoms with E-state index < -0.39 is 0 Å². The summed E-state index contributed by atoms with van der Waals surface area (Å²) >= 11 is 11.7. The summed E-state index contributed by atoms with van der Waals surface area (Å²) in [5.74, 6) is -0.344. The summed E-state index contributed by atoms with van der Waals surface area (Å²) in [6.45, 7) is 1.89. The summed E-state index contributed by atoms with van der Waals surface area (Å²) in [5, 5.41) is 3.35. The largest absolute Gasteiger partial charge is 0.344 e. The normalized spacial score (nSPS) is 11.9. The Hall–Kier alpha value is -1.58. The number of nitrogens with zero attached hydrogens (tertiary/aromatic N) is 1. The van der Waals surface area contributed by atoms with Crippen LogP contribution in [0.25, 0.3) is 0 Å². The Morgan fingerprint density at radius 3 is 2.53 bits per heavy atom. The third-order valence-electron chi connectivity index (χ3n) is 2.67. The molecule has 98 valence electrons. The summed E-state index contributed by atoms with van der Waals surface area (Å²) in [4.78, 5) is 16.0. The molecule has 1 aromatic carbocycles. The Labute approximate surface area is 121 Å². The van der Waals surface area contributed by atoms with E-state index in [1.807, 2.05) is 37.3 Å². The van der Waals surface area contributed by atoms with Gasteiger partial charge in [-0.3, -0.25) is 4.79 Å². The predicted octanol–water partition coefficient (Wildman–Crippen LogP) is 3.88. The van der Waals surface area contributed by atoms with Crippen molar-refractivity contribution in [2.24, 2.45) is 0 Å². The molecule has 0 bridgehead atoms. The van der Waals surface area contributed by atoms with E-state index in [1.165, 1.54) is 0 Å². The van der Waals surface area contributed by atoms with Crippen molar-refractivity contribution in [3.05, 3.63) is 63.9 Å². The molecule has 2 aromatic rings. The molecule has 0 aliphatic heterocycles. The van der Waals surface area contributed by atoms with E-state index in [0.29, 0.717) is 0 Å². The van der Waals surface area contributed by atoms with Crippen LogP contribution in [0.4, 0.5) is 0 Å². The van der Waals surface area contributed by atoms with E-state index in [4.69, 9.17) is 23.2 Å². The number of hydrogen-bond acceptors (Lipinski definition) is 2. The lowest BCUT2D eigenvalue weighted by molar-refractivity contribution is 0.0935. The van der Waals surface area contributed by atoms with Gasteiger partial charge >= 0.3 is 0 Å². The molecule has 0 aliphatic carbocycles. The lowest BCUT2D eigenvalue weighted by Crippen LogP contribution is -2.27. The molecule has 0 unspecified atom stereocenters. The van der Waals surface area contributed by atoms with Crippen molar-refractivity contribution in [1.82, 2.24) is 10.3 Å². The van der Waals surface area contributed by atoms with Crippen molar-refractivity contribution >= 4 is 29.1 Å². The van der Waals surface area contributed by atoms with Gasteiger partial charge in [-0.1, -0.05) is 53.5 Å². The van der Waals surface area contributed by atoms with E-state index in [0.717, 1.165) is 5.56 Å². The summed E-state index contributed by atoms with van der Waals surface area (Å²) in [6.07, 6.45) is 0. The lowest BCUT2D eigenvalue weighted by Gasteiger charge is -2.14. The van der Waals surface area contributed by atoms with Gasteiger partial charge in [-0.2, -0.15) is 0 Å². The molecule has 0 radical (unpaired) electrons. The highest BCUT2D eigenvalue weighted by atomic mass is 35.5. The van der Waals surface area contributed by atoms with E-state index in [9.17, 15) is 4.79 Å². The molecule has 5 heteroatoms. The first-order valence-electron chi connectivity index (χ1n) is 5.76. The van der Waals surface area contributed by atoms with Crippen molar-refractivity contribution < 1.29 is 4.79 Å². The smallest absolute Gasteiger partial charge is 0.271 e. The molecule has 1 heterocycles. The van der Waals surface area contributed by atoms with E-state index >= 15 is 0 Å². The van der Waals surface area contributed by atoms with Crippen LogP contribution in [0.15, 0.2) is 42.5 Å². The molecule has 0 saturated carbocycles. The Bertz CT molecular complexity index is 587. The van der Waals surface area contributed by atoms with E-state index in [2.05, 4.69) is 10.3 Å². The second kappa shape index (κ2) is 6.04. The molecular formula is C14H12Cl2N2O. The Balaban J connectivity index is 2.15. The molecule has 19 heavy (non-hydrogen) atoms. The number of halogens is 2. The molecule has 1 N–H and O–H groups in total. The monoisotopic (exact) mass is 294 g/mol. The summed E-state index contributed by atoms with van der Waals surface area (Å²) < 4.78 is 0. The summed E-state index contributed by atoms with van der Waals surface area (Å²) in [6, 6.07) is 12.6. The maximum atomic E-state index is 12.1. The average molecular weight is 295 g/mol. The van der Waals surface area contributed by atoms with Gasteiger partial charge in [0.25, 0.3) is 5.91 Å². The zero-order valence-electron chi connectivity index (χ0n) is 10.2. The highest BCUT2D eigenvalue weighted by molar-refractivity contribution is 6.34. The number of carbonyl (C=O) groups is 1. The van der Waals surface area contributed by atoms with Crippen LogP contribution in [0.1, 0.15) is 29.0 Å². The van der Waals surface area contributed by atoms with Gasteiger partial charge in [-0.15, -0.1) is 0 Å². The fraction of sp³-hybridized carbons (Fsp3) is 0.143. The van der Waals surface area contributed by atoms with E-state index in [1.54, 1.807) is 12.1 Å². The number of benzene rings is 1.